The molecule has 1 saturated heterocycles. The third-order valence-electron chi connectivity index (χ3n) is 8.25. The Balaban J connectivity index is 1.49. The zero-order valence-corrected chi connectivity index (χ0v) is 16.4. The van der Waals surface area contributed by atoms with E-state index in [1.54, 1.807) is 6.07 Å². The molecule has 156 valence electrons. The van der Waals surface area contributed by atoms with Crippen molar-refractivity contribution in [3.05, 3.63) is 23.3 Å². The van der Waals surface area contributed by atoms with Gasteiger partial charge in [0.05, 0.1) is 17.1 Å². The summed E-state index contributed by atoms with van der Waals surface area (Å²) in [6.07, 6.45) is 4.79. The van der Waals surface area contributed by atoms with Gasteiger partial charge in [0.25, 0.3) is 0 Å². The van der Waals surface area contributed by atoms with E-state index in [-0.39, 0.29) is 17.8 Å². The third-order valence-corrected chi connectivity index (χ3v) is 8.25. The fourth-order valence-electron chi connectivity index (χ4n) is 6.88. The van der Waals surface area contributed by atoms with Crippen molar-refractivity contribution in [2.75, 3.05) is 19.7 Å². The quantitative estimate of drug-likeness (QED) is 0.585. The lowest BCUT2D eigenvalue weighted by Gasteiger charge is -2.64. The van der Waals surface area contributed by atoms with Crippen LogP contribution in [0.2, 0.25) is 0 Å². The molecule has 1 aromatic rings. The van der Waals surface area contributed by atoms with E-state index in [1.807, 2.05) is 6.07 Å². The summed E-state index contributed by atoms with van der Waals surface area (Å²) in [4.78, 5) is 14.5. The molecule has 2 heterocycles. The van der Waals surface area contributed by atoms with Crippen molar-refractivity contribution in [3.63, 3.8) is 0 Å². The topological polar surface area (TPSA) is 102 Å². The van der Waals surface area contributed by atoms with Crippen LogP contribution in [0.15, 0.2) is 12.1 Å². The summed E-state index contributed by atoms with van der Waals surface area (Å²) in [7, 11) is 0. The van der Waals surface area contributed by atoms with Gasteiger partial charge in [-0.05, 0) is 62.6 Å². The molecule has 0 radical (unpaired) electrons. The lowest BCUT2D eigenvalue weighted by molar-refractivity contribution is -0.192. The lowest BCUT2D eigenvalue weighted by Crippen LogP contribution is -2.78. The molecule has 2 aliphatic heterocycles. The van der Waals surface area contributed by atoms with Crippen LogP contribution in [0.4, 0.5) is 0 Å². The highest BCUT2D eigenvalue weighted by Crippen LogP contribution is 2.65. The summed E-state index contributed by atoms with van der Waals surface area (Å²) in [5, 5.41) is 34.9. The zero-order chi connectivity index (χ0) is 20.0. The van der Waals surface area contributed by atoms with E-state index >= 15 is 0 Å². The average Bonchev–Trinajstić information content (AvgIpc) is 3.44. The largest absolute Gasteiger partial charge is 0.504 e. The highest BCUT2D eigenvalue weighted by atomic mass is 16.5. The fourth-order valence-corrected chi connectivity index (χ4v) is 6.88. The van der Waals surface area contributed by atoms with E-state index in [2.05, 4.69) is 10.2 Å². The van der Waals surface area contributed by atoms with Crippen LogP contribution in [-0.4, -0.2) is 69.6 Å². The van der Waals surface area contributed by atoms with Gasteiger partial charge in [0.2, 0.25) is 5.91 Å². The van der Waals surface area contributed by atoms with Crippen molar-refractivity contribution in [1.29, 1.82) is 0 Å². The number of amides is 1. The second-order valence-electron chi connectivity index (χ2n) is 9.66. The van der Waals surface area contributed by atoms with Crippen LogP contribution < -0.4 is 10.1 Å². The van der Waals surface area contributed by atoms with E-state index in [0.717, 1.165) is 43.0 Å². The molecule has 3 fully saturated rings. The Morgan fingerprint density at radius 1 is 1.28 bits per heavy atom. The summed E-state index contributed by atoms with van der Waals surface area (Å²) in [6, 6.07) is 3.39. The Labute approximate surface area is 169 Å². The second-order valence-corrected chi connectivity index (χ2v) is 9.66. The molecule has 5 aliphatic rings. The van der Waals surface area contributed by atoms with E-state index in [0.29, 0.717) is 18.6 Å². The highest BCUT2D eigenvalue weighted by Gasteiger charge is 2.73. The van der Waals surface area contributed by atoms with Gasteiger partial charge in [-0.15, -0.1) is 0 Å². The number of ether oxygens (including phenoxy) is 1. The minimum absolute atomic E-state index is 0.0282. The molecular weight excluding hydrogens is 372 g/mol. The molecule has 1 unspecified atom stereocenters. The first-order valence-electron chi connectivity index (χ1n) is 10.9. The van der Waals surface area contributed by atoms with E-state index in [1.165, 1.54) is 12.8 Å². The van der Waals surface area contributed by atoms with E-state index in [9.17, 15) is 20.1 Å². The highest BCUT2D eigenvalue weighted by molar-refractivity contribution is 5.77. The maximum atomic E-state index is 12.3. The Morgan fingerprint density at radius 2 is 2.10 bits per heavy atom. The molecule has 1 aromatic carbocycles. The van der Waals surface area contributed by atoms with Crippen LogP contribution in [0.3, 0.4) is 0 Å². The number of piperidine rings is 1. The number of likely N-dealkylation sites (tertiary alicyclic amines) is 1. The Kier molecular flexibility index (Phi) is 3.64. The maximum Gasteiger partial charge on any atom is 0.246 e. The summed E-state index contributed by atoms with van der Waals surface area (Å²) < 4.78 is 6.34. The first kappa shape index (κ1) is 18.0. The number of benzene rings is 1. The number of nitrogens with one attached hydrogen (secondary N) is 1. The number of carbonyl (C=O) groups is 1. The SMILES string of the molecule is O=C(CO)NC1CC[C@]2(O)[C@@H]3Cc4ccc(O)c5c4[C@]2(CCN3CC2CC2)[C@@H]1O5. The molecule has 29 heavy (non-hydrogen) atoms. The molecule has 3 aliphatic carbocycles. The summed E-state index contributed by atoms with van der Waals surface area (Å²) in [5.41, 5.74) is 0.516. The molecule has 0 aromatic heterocycles. The van der Waals surface area contributed by atoms with Crippen molar-refractivity contribution in [2.45, 2.75) is 67.7 Å². The number of aromatic hydroxyl groups is 1. The minimum atomic E-state index is -0.947. The smallest absolute Gasteiger partial charge is 0.246 e. The number of phenols is 1. The molecule has 2 bridgehead atoms. The van der Waals surface area contributed by atoms with Gasteiger partial charge >= 0.3 is 0 Å². The van der Waals surface area contributed by atoms with Crippen LogP contribution in [0.25, 0.3) is 0 Å². The number of phenolic OH excluding ortho intramolecular Hbond substituents is 1. The molecule has 1 amide bonds. The van der Waals surface area contributed by atoms with Crippen molar-refractivity contribution in [2.24, 2.45) is 5.92 Å². The minimum Gasteiger partial charge on any atom is -0.504 e. The average molecular weight is 400 g/mol. The monoisotopic (exact) mass is 400 g/mol. The van der Waals surface area contributed by atoms with Crippen LogP contribution in [-0.2, 0) is 16.6 Å². The second kappa shape index (κ2) is 5.86. The summed E-state index contributed by atoms with van der Waals surface area (Å²) in [5.74, 6) is 0.894. The van der Waals surface area contributed by atoms with Crippen molar-refractivity contribution < 1.29 is 24.9 Å². The predicted molar refractivity (Wildman–Crippen MR) is 104 cm³/mol. The first-order valence-corrected chi connectivity index (χ1v) is 10.9. The Morgan fingerprint density at radius 3 is 2.86 bits per heavy atom. The standard InChI is InChI=1S/C22H28N2O5/c25-11-17(27)23-14-5-6-22(28)16-9-13-3-4-15(26)19-18(13)21(22,20(14)29-19)7-8-24(16)10-12-1-2-12/h3-4,12,14,16,20,25-26,28H,1-2,5-11H2,(H,23,27)/t14?,16-,20+,21+,22-/m0/s1. The number of aliphatic hydroxyl groups excluding tert-OH is 1. The molecule has 7 nitrogen and oxygen atoms in total. The molecule has 2 saturated carbocycles. The van der Waals surface area contributed by atoms with E-state index in [4.69, 9.17) is 4.74 Å². The first-order chi connectivity index (χ1) is 14.0. The number of nitrogens with zero attached hydrogens (tertiary/aromatic N) is 1. The number of hydrogen-bond donors (Lipinski definition) is 4. The molecule has 5 atom stereocenters. The lowest BCUT2D eigenvalue weighted by atomic mass is 9.48. The van der Waals surface area contributed by atoms with Gasteiger partial charge in [-0.2, -0.15) is 0 Å². The molecule has 6 rings (SSSR count). The Hall–Kier alpha value is -1.83. The number of aliphatic hydroxyl groups is 2. The van der Waals surface area contributed by atoms with Gasteiger partial charge in [-0.1, -0.05) is 6.07 Å². The van der Waals surface area contributed by atoms with E-state index < -0.39 is 29.6 Å². The van der Waals surface area contributed by atoms with Crippen LogP contribution in [0.5, 0.6) is 11.5 Å². The summed E-state index contributed by atoms with van der Waals surface area (Å²) >= 11 is 0. The zero-order valence-electron chi connectivity index (χ0n) is 16.4. The predicted octanol–water partition coefficient (Wildman–Crippen LogP) is 0.433. The van der Waals surface area contributed by atoms with Gasteiger partial charge in [-0.25, -0.2) is 0 Å². The number of rotatable bonds is 4. The maximum absolute atomic E-state index is 12.3. The third kappa shape index (κ3) is 2.21. The van der Waals surface area contributed by atoms with Crippen LogP contribution in [0.1, 0.15) is 43.2 Å². The molecule has 7 heteroatoms. The van der Waals surface area contributed by atoms with Crippen molar-refractivity contribution in [3.8, 4) is 11.5 Å². The normalized spacial score (nSPS) is 39.6. The fraction of sp³-hybridized carbons (Fsp3) is 0.682. The molecule has 4 N–H and O–H groups in total. The van der Waals surface area contributed by atoms with Crippen LogP contribution in [0, 0.1) is 5.92 Å². The van der Waals surface area contributed by atoms with Gasteiger partial charge in [0.15, 0.2) is 11.5 Å². The van der Waals surface area contributed by atoms with Gasteiger partial charge in [0.1, 0.15) is 12.7 Å². The molecular formula is C22H28N2O5. The van der Waals surface area contributed by atoms with Gasteiger partial charge in [-0.3, -0.25) is 9.69 Å². The number of carbonyl (C=O) groups excluding carboxylic acids is 1. The van der Waals surface area contributed by atoms with Crippen LogP contribution >= 0.6 is 0 Å². The van der Waals surface area contributed by atoms with Crippen molar-refractivity contribution in [1.82, 2.24) is 10.2 Å². The summed E-state index contributed by atoms with van der Waals surface area (Å²) in [6.45, 7) is 1.36. The molecule has 1 spiro atoms. The van der Waals surface area contributed by atoms with Gasteiger partial charge in [0, 0.05) is 18.2 Å². The van der Waals surface area contributed by atoms with Gasteiger partial charge < -0.3 is 25.4 Å². The number of hydrogen-bond acceptors (Lipinski definition) is 6. The Bertz CT molecular complexity index is 886. The van der Waals surface area contributed by atoms with Crippen molar-refractivity contribution >= 4 is 5.91 Å².